The van der Waals surface area contributed by atoms with Crippen LogP contribution in [0, 0.1) is 0 Å². The molecule has 0 bridgehead atoms. The Hall–Kier alpha value is -0.320. The molecule has 0 saturated carbocycles. The molecule has 5 N–H and O–H groups in total. The fraction of sp³-hybridized carbons (Fsp3) is 1.00. The summed E-state index contributed by atoms with van der Waals surface area (Å²) >= 11 is 0. The Labute approximate surface area is 119 Å². The summed E-state index contributed by atoms with van der Waals surface area (Å²) in [5.74, 6) is 0. The quantitative estimate of drug-likeness (QED) is 0.274. The molecule has 0 aromatic heterocycles. The number of hydrogen-bond acceptors (Lipinski definition) is 8. The van der Waals surface area contributed by atoms with E-state index in [0.29, 0.717) is 13.2 Å². The van der Waals surface area contributed by atoms with Gasteiger partial charge in [-0.15, -0.1) is 0 Å². The molecule has 20 heavy (non-hydrogen) atoms. The largest absolute Gasteiger partial charge is 0.394 e. The van der Waals surface area contributed by atoms with Crippen LogP contribution in [0.15, 0.2) is 0 Å². The van der Waals surface area contributed by atoms with E-state index in [1.807, 2.05) is 0 Å². The molecule has 0 aromatic carbocycles. The zero-order chi connectivity index (χ0) is 15.7. The van der Waals surface area contributed by atoms with Gasteiger partial charge in [0, 0.05) is 20.8 Å². The van der Waals surface area contributed by atoms with Crippen molar-refractivity contribution in [2.75, 3.05) is 47.6 Å². The van der Waals surface area contributed by atoms with E-state index in [-0.39, 0.29) is 12.6 Å². The van der Waals surface area contributed by atoms with Gasteiger partial charge in [0.1, 0.15) is 18.3 Å². The number of ether oxygens (including phenoxy) is 2. The number of hydrogen-bond donors (Lipinski definition) is 5. The SMILES string of the molecule is COCC(COC)N(C)CC(O)C(O)C(O)C(O)CO. The maximum absolute atomic E-state index is 9.86. The zero-order valence-electron chi connectivity index (χ0n) is 12.2. The predicted molar refractivity (Wildman–Crippen MR) is 71.3 cm³/mol. The fourth-order valence-electron chi connectivity index (χ4n) is 1.80. The van der Waals surface area contributed by atoms with Crippen LogP contribution in [0.4, 0.5) is 0 Å². The highest BCUT2D eigenvalue weighted by atomic mass is 16.5. The molecule has 4 unspecified atom stereocenters. The van der Waals surface area contributed by atoms with Crippen molar-refractivity contribution in [1.29, 1.82) is 0 Å². The van der Waals surface area contributed by atoms with Gasteiger partial charge < -0.3 is 35.0 Å². The van der Waals surface area contributed by atoms with Crippen molar-refractivity contribution in [2.24, 2.45) is 0 Å². The lowest BCUT2D eigenvalue weighted by molar-refractivity contribution is -0.121. The van der Waals surface area contributed by atoms with E-state index in [0.717, 1.165) is 0 Å². The highest BCUT2D eigenvalue weighted by Crippen LogP contribution is 2.08. The second kappa shape index (κ2) is 10.4. The molecule has 0 radical (unpaired) electrons. The van der Waals surface area contributed by atoms with Crippen molar-refractivity contribution in [3.63, 3.8) is 0 Å². The normalized spacial score (nSPS) is 18.3. The van der Waals surface area contributed by atoms with Crippen molar-refractivity contribution >= 4 is 0 Å². The molecule has 0 aliphatic rings. The first-order valence-corrected chi connectivity index (χ1v) is 6.40. The molecule has 0 amide bonds. The highest BCUT2D eigenvalue weighted by Gasteiger charge is 2.31. The van der Waals surface area contributed by atoms with Crippen LogP contribution in [0.25, 0.3) is 0 Å². The van der Waals surface area contributed by atoms with Gasteiger partial charge in [0.15, 0.2) is 0 Å². The summed E-state index contributed by atoms with van der Waals surface area (Å²) in [6.07, 6.45) is -5.97. The number of likely N-dealkylation sites (N-methyl/N-ethyl adjacent to an activating group) is 1. The van der Waals surface area contributed by atoms with Gasteiger partial charge in [-0.25, -0.2) is 0 Å². The van der Waals surface area contributed by atoms with Crippen molar-refractivity contribution in [1.82, 2.24) is 4.90 Å². The summed E-state index contributed by atoms with van der Waals surface area (Å²) in [6.45, 7) is 0.120. The average molecular weight is 297 g/mol. The molecule has 8 heteroatoms. The molecule has 0 rings (SSSR count). The first-order valence-electron chi connectivity index (χ1n) is 6.40. The summed E-state index contributed by atoms with van der Waals surface area (Å²) < 4.78 is 10.1. The van der Waals surface area contributed by atoms with Crippen LogP contribution in [-0.2, 0) is 9.47 Å². The Morgan fingerprint density at radius 3 is 1.75 bits per heavy atom. The average Bonchev–Trinajstić information content (AvgIpc) is 2.44. The molecular formula is C12H27NO7. The van der Waals surface area contributed by atoms with Gasteiger partial charge in [0.25, 0.3) is 0 Å². The van der Waals surface area contributed by atoms with Crippen LogP contribution in [0.5, 0.6) is 0 Å². The molecule has 4 atom stereocenters. The third-order valence-corrected chi connectivity index (χ3v) is 3.14. The molecule has 0 aliphatic heterocycles. The third kappa shape index (κ3) is 6.42. The van der Waals surface area contributed by atoms with Crippen molar-refractivity contribution in [2.45, 2.75) is 30.5 Å². The molecule has 0 aromatic rings. The smallest absolute Gasteiger partial charge is 0.111 e. The minimum Gasteiger partial charge on any atom is -0.394 e. The Morgan fingerprint density at radius 1 is 0.900 bits per heavy atom. The Kier molecular flexibility index (Phi) is 10.2. The Morgan fingerprint density at radius 2 is 1.35 bits per heavy atom. The van der Waals surface area contributed by atoms with Crippen LogP contribution in [-0.4, -0.2) is 109 Å². The molecule has 8 nitrogen and oxygen atoms in total. The summed E-state index contributed by atoms with van der Waals surface area (Å²) in [4.78, 5) is 1.72. The lowest BCUT2D eigenvalue weighted by Gasteiger charge is -2.32. The van der Waals surface area contributed by atoms with E-state index in [2.05, 4.69) is 0 Å². The number of aliphatic hydroxyl groups excluding tert-OH is 5. The lowest BCUT2D eigenvalue weighted by Crippen LogP contribution is -2.51. The maximum atomic E-state index is 9.86. The van der Waals surface area contributed by atoms with Gasteiger partial charge >= 0.3 is 0 Å². The van der Waals surface area contributed by atoms with E-state index in [1.165, 1.54) is 0 Å². The molecule has 0 fully saturated rings. The lowest BCUT2D eigenvalue weighted by atomic mass is 10.0. The van der Waals surface area contributed by atoms with E-state index >= 15 is 0 Å². The monoisotopic (exact) mass is 297 g/mol. The molecule has 0 spiro atoms. The minimum atomic E-state index is -1.62. The van der Waals surface area contributed by atoms with E-state index in [9.17, 15) is 20.4 Å². The zero-order valence-corrected chi connectivity index (χ0v) is 12.2. The topological polar surface area (TPSA) is 123 Å². The molecule has 122 valence electrons. The Bertz CT molecular complexity index is 238. The van der Waals surface area contributed by atoms with Crippen molar-refractivity contribution < 1.29 is 35.0 Å². The van der Waals surface area contributed by atoms with E-state index in [4.69, 9.17) is 14.6 Å². The van der Waals surface area contributed by atoms with Crippen LogP contribution in [0.1, 0.15) is 0 Å². The second-order valence-corrected chi connectivity index (χ2v) is 4.80. The van der Waals surface area contributed by atoms with Crippen LogP contribution in [0.3, 0.4) is 0 Å². The van der Waals surface area contributed by atoms with Crippen molar-refractivity contribution in [3.05, 3.63) is 0 Å². The van der Waals surface area contributed by atoms with Gasteiger partial charge in [-0.1, -0.05) is 0 Å². The van der Waals surface area contributed by atoms with Gasteiger partial charge in [-0.2, -0.15) is 0 Å². The van der Waals surface area contributed by atoms with Gasteiger partial charge in [-0.05, 0) is 7.05 Å². The first-order chi connectivity index (χ1) is 9.38. The standard InChI is InChI=1S/C12H27NO7/c1-13(8(6-19-2)7-20-3)4-9(15)11(17)12(18)10(16)5-14/h8-12,14-18H,4-7H2,1-3H3. The van der Waals surface area contributed by atoms with E-state index in [1.54, 1.807) is 26.2 Å². The second-order valence-electron chi connectivity index (χ2n) is 4.80. The first kappa shape index (κ1) is 19.7. The van der Waals surface area contributed by atoms with Crippen LogP contribution >= 0.6 is 0 Å². The molecular weight excluding hydrogens is 270 g/mol. The molecule has 0 saturated heterocycles. The fourth-order valence-corrected chi connectivity index (χ4v) is 1.80. The van der Waals surface area contributed by atoms with Gasteiger partial charge in [0.05, 0.1) is 32.0 Å². The molecule has 0 heterocycles. The van der Waals surface area contributed by atoms with Crippen LogP contribution < -0.4 is 0 Å². The summed E-state index contributed by atoms with van der Waals surface area (Å²) in [5.41, 5.74) is 0. The predicted octanol–water partition coefficient (Wildman–Crippen LogP) is -2.98. The van der Waals surface area contributed by atoms with Gasteiger partial charge in [0.2, 0.25) is 0 Å². The third-order valence-electron chi connectivity index (χ3n) is 3.14. The number of rotatable bonds is 11. The van der Waals surface area contributed by atoms with Crippen molar-refractivity contribution in [3.8, 4) is 0 Å². The summed E-state index contributed by atoms with van der Waals surface area (Å²) in [5, 5.41) is 47.0. The molecule has 0 aliphatic carbocycles. The van der Waals surface area contributed by atoms with Crippen LogP contribution in [0.2, 0.25) is 0 Å². The van der Waals surface area contributed by atoms with E-state index < -0.39 is 31.0 Å². The number of methoxy groups -OCH3 is 2. The highest BCUT2D eigenvalue weighted by molar-refractivity contribution is 4.83. The number of aliphatic hydroxyl groups is 5. The van der Waals surface area contributed by atoms with Gasteiger partial charge in [-0.3, -0.25) is 4.90 Å². The Balaban J connectivity index is 4.44. The minimum absolute atomic E-state index is 0.0494. The maximum Gasteiger partial charge on any atom is 0.111 e. The summed E-state index contributed by atoms with van der Waals surface area (Å²) in [7, 11) is 4.81. The number of nitrogens with zero attached hydrogens (tertiary/aromatic N) is 1. The summed E-state index contributed by atoms with van der Waals surface area (Å²) in [6, 6.07) is -0.119.